The zero-order valence-corrected chi connectivity index (χ0v) is 33.3. The summed E-state index contributed by atoms with van der Waals surface area (Å²) >= 11 is 0. The largest absolute Gasteiger partial charge is 0.465 e. The van der Waals surface area contributed by atoms with Crippen LogP contribution >= 0.6 is 0 Å². The van der Waals surface area contributed by atoms with Crippen LogP contribution in [-0.4, -0.2) is 74.9 Å². The highest BCUT2D eigenvalue weighted by atomic mass is 16.4. The summed E-state index contributed by atoms with van der Waals surface area (Å²) in [6, 6.07) is 26.8. The van der Waals surface area contributed by atoms with Crippen molar-refractivity contribution in [3.63, 3.8) is 0 Å². The average molecular weight is 785 g/mol. The van der Waals surface area contributed by atoms with Crippen LogP contribution in [0.3, 0.4) is 0 Å². The first-order chi connectivity index (χ1) is 27.9. The van der Waals surface area contributed by atoms with E-state index in [1.54, 1.807) is 9.80 Å². The Hall–Kier alpha value is -6.63. The molecule has 7 N–H and O–H groups in total. The third-order valence-corrected chi connectivity index (χ3v) is 10.2. The molecule has 0 bridgehead atoms. The lowest BCUT2D eigenvalue weighted by Crippen LogP contribution is -2.43. The van der Waals surface area contributed by atoms with Gasteiger partial charge in [0.25, 0.3) is 0 Å². The minimum atomic E-state index is -1.26. The van der Waals surface area contributed by atoms with Gasteiger partial charge in [-0.15, -0.1) is 0 Å². The fourth-order valence-electron chi connectivity index (χ4n) is 7.08. The van der Waals surface area contributed by atoms with Gasteiger partial charge < -0.3 is 41.6 Å². The molecule has 0 saturated heterocycles. The number of carbonyl (C=O) groups excluding carboxylic acids is 3. The van der Waals surface area contributed by atoms with Gasteiger partial charge in [-0.3, -0.25) is 14.4 Å². The van der Waals surface area contributed by atoms with Crippen molar-refractivity contribution < 1.29 is 24.3 Å². The van der Waals surface area contributed by atoms with Gasteiger partial charge in [0.15, 0.2) is 0 Å². The Morgan fingerprint density at radius 1 is 0.914 bits per heavy atom. The SMILES string of the molecule is C=C(CN(CCC)C(=O)CNC(=O)O)Nc1c(N)ccc2cc(-c3ccc(-c4[nH]c(CN(CCC)C(=O)[C@H](NC(=O)C5CC5)c5ccccc5)nc4C)cc3)ccc12. The summed E-state index contributed by atoms with van der Waals surface area (Å²) in [7, 11) is 0. The summed E-state index contributed by atoms with van der Waals surface area (Å²) in [5, 5.41) is 19.2. The summed E-state index contributed by atoms with van der Waals surface area (Å²) in [6.07, 6.45) is 1.91. The molecule has 1 aromatic heterocycles. The van der Waals surface area contributed by atoms with Gasteiger partial charge in [0.2, 0.25) is 17.7 Å². The molecule has 4 amide bonds. The Labute approximate surface area is 338 Å². The van der Waals surface area contributed by atoms with Crippen molar-refractivity contribution in [3.8, 4) is 22.4 Å². The normalized spacial score (nSPS) is 12.7. The molecular formula is C45H52N8O5. The number of hydrogen-bond donors (Lipinski definition) is 6. The molecule has 13 heteroatoms. The zero-order valence-electron chi connectivity index (χ0n) is 33.3. The van der Waals surface area contributed by atoms with Crippen molar-refractivity contribution in [1.82, 2.24) is 30.4 Å². The van der Waals surface area contributed by atoms with Crippen molar-refractivity contribution in [3.05, 3.63) is 114 Å². The molecule has 6 rings (SSSR count). The first-order valence-electron chi connectivity index (χ1n) is 19.8. The van der Waals surface area contributed by atoms with E-state index in [4.69, 9.17) is 15.8 Å². The van der Waals surface area contributed by atoms with Crippen LogP contribution in [0.5, 0.6) is 0 Å². The van der Waals surface area contributed by atoms with Crippen LogP contribution in [0.15, 0.2) is 97.2 Å². The Bertz CT molecular complexity index is 2280. The van der Waals surface area contributed by atoms with Crippen LogP contribution in [0.4, 0.5) is 16.2 Å². The smallest absolute Gasteiger partial charge is 0.405 e. The fraction of sp³-hybridized carbons (Fsp3) is 0.311. The summed E-state index contributed by atoms with van der Waals surface area (Å²) in [4.78, 5) is 62.1. The third-order valence-electron chi connectivity index (χ3n) is 10.2. The van der Waals surface area contributed by atoms with E-state index in [2.05, 4.69) is 45.7 Å². The zero-order chi connectivity index (χ0) is 41.3. The Morgan fingerprint density at radius 2 is 1.59 bits per heavy atom. The number of nitrogens with zero attached hydrogens (tertiary/aromatic N) is 3. The molecule has 4 aromatic carbocycles. The van der Waals surface area contributed by atoms with Gasteiger partial charge in [-0.2, -0.15) is 0 Å². The summed E-state index contributed by atoms with van der Waals surface area (Å²) in [5.41, 5.74) is 13.6. The lowest BCUT2D eigenvalue weighted by Gasteiger charge is -2.27. The van der Waals surface area contributed by atoms with Crippen LogP contribution in [0.2, 0.25) is 0 Å². The second-order valence-corrected chi connectivity index (χ2v) is 14.8. The number of nitrogens with one attached hydrogen (secondary N) is 4. The molecule has 1 aliphatic carbocycles. The van der Waals surface area contributed by atoms with Crippen LogP contribution in [0.1, 0.15) is 62.7 Å². The Balaban J connectivity index is 1.16. The monoisotopic (exact) mass is 784 g/mol. The second kappa shape index (κ2) is 18.5. The van der Waals surface area contributed by atoms with Crippen molar-refractivity contribution >= 4 is 46.0 Å². The summed E-state index contributed by atoms with van der Waals surface area (Å²) < 4.78 is 0. The molecule has 58 heavy (non-hydrogen) atoms. The summed E-state index contributed by atoms with van der Waals surface area (Å²) in [6.45, 7) is 11.2. The molecule has 5 aromatic rings. The highest BCUT2D eigenvalue weighted by Gasteiger charge is 2.35. The number of H-pyrrole nitrogens is 1. The van der Waals surface area contributed by atoms with Crippen LogP contribution in [0, 0.1) is 12.8 Å². The molecule has 13 nitrogen and oxygen atoms in total. The quantitative estimate of drug-likeness (QED) is 0.0503. The molecule has 302 valence electrons. The van der Waals surface area contributed by atoms with Crippen LogP contribution < -0.4 is 21.7 Å². The molecule has 1 aliphatic rings. The minimum Gasteiger partial charge on any atom is -0.465 e. The number of hydrogen-bond acceptors (Lipinski definition) is 7. The first-order valence-corrected chi connectivity index (χ1v) is 19.8. The molecule has 1 saturated carbocycles. The van der Waals surface area contributed by atoms with Crippen molar-refractivity contribution in [1.29, 1.82) is 0 Å². The van der Waals surface area contributed by atoms with E-state index in [0.29, 0.717) is 42.4 Å². The number of fused-ring (bicyclic) bond motifs is 1. The number of aryl methyl sites for hydroxylation is 1. The highest BCUT2D eigenvalue weighted by Crippen LogP contribution is 2.35. The number of carbonyl (C=O) groups is 4. The maximum absolute atomic E-state index is 14.1. The number of nitrogens with two attached hydrogens (primary N) is 1. The van der Waals surface area contributed by atoms with Gasteiger partial charge in [-0.05, 0) is 72.4 Å². The van der Waals surface area contributed by atoms with Crippen LogP contribution in [-0.2, 0) is 20.9 Å². The van der Waals surface area contributed by atoms with E-state index in [1.165, 1.54) is 0 Å². The van der Waals surface area contributed by atoms with E-state index in [1.807, 2.05) is 87.5 Å². The predicted octanol–water partition coefficient (Wildman–Crippen LogP) is 7.23. The Kier molecular flexibility index (Phi) is 13.1. The average Bonchev–Trinajstić information content (AvgIpc) is 4.01. The molecule has 1 fully saturated rings. The van der Waals surface area contributed by atoms with Gasteiger partial charge >= 0.3 is 6.09 Å². The number of aromatic nitrogens is 2. The molecular weight excluding hydrogens is 733 g/mol. The van der Waals surface area contributed by atoms with E-state index < -0.39 is 12.1 Å². The number of amides is 4. The number of nitrogen functional groups attached to an aromatic ring is 1. The highest BCUT2D eigenvalue weighted by molar-refractivity contribution is 6.02. The topological polar surface area (TPSA) is 186 Å². The van der Waals surface area contributed by atoms with E-state index in [-0.39, 0.29) is 43.3 Å². The maximum atomic E-state index is 14.1. The molecule has 0 unspecified atom stereocenters. The fourth-order valence-corrected chi connectivity index (χ4v) is 7.08. The van der Waals surface area contributed by atoms with Gasteiger partial charge in [0.05, 0.1) is 35.9 Å². The van der Waals surface area contributed by atoms with E-state index >= 15 is 0 Å². The van der Waals surface area contributed by atoms with Gasteiger partial charge in [0.1, 0.15) is 18.4 Å². The molecule has 1 atom stereocenters. The van der Waals surface area contributed by atoms with Crippen molar-refractivity contribution in [2.45, 2.75) is 59.0 Å². The predicted molar refractivity (Wildman–Crippen MR) is 228 cm³/mol. The lowest BCUT2D eigenvalue weighted by molar-refractivity contribution is -0.137. The number of anilines is 2. The van der Waals surface area contributed by atoms with Gasteiger partial charge in [-0.25, -0.2) is 9.78 Å². The Morgan fingerprint density at radius 3 is 2.26 bits per heavy atom. The first kappa shape index (κ1) is 41.0. The third kappa shape index (κ3) is 10.0. The number of rotatable bonds is 18. The number of benzene rings is 4. The molecule has 0 aliphatic heterocycles. The van der Waals surface area contributed by atoms with Crippen molar-refractivity contribution in [2.75, 3.05) is 37.2 Å². The molecule has 0 spiro atoms. The lowest BCUT2D eigenvalue weighted by atomic mass is 9.98. The maximum Gasteiger partial charge on any atom is 0.405 e. The van der Waals surface area contributed by atoms with E-state index in [0.717, 1.165) is 63.7 Å². The summed E-state index contributed by atoms with van der Waals surface area (Å²) in [5.74, 6) is 0.0660. The number of carboxylic acid groups (broad SMARTS) is 1. The van der Waals surface area contributed by atoms with Gasteiger partial charge in [0, 0.05) is 30.1 Å². The molecule has 0 radical (unpaired) electrons. The van der Waals surface area contributed by atoms with Crippen molar-refractivity contribution in [2.24, 2.45) is 5.92 Å². The van der Waals surface area contributed by atoms with Crippen LogP contribution in [0.25, 0.3) is 33.2 Å². The standard InChI is InChI=1S/C45H52N8O5/c1-5-22-52(39(54)25-47-45(57)58)26-28(3)48-42-36-20-18-34(24-35(36)19-21-37(42)46)30-12-14-32(15-13-30)40-29(4)49-38(50-40)27-53(23-6-2)44(56)41(31-10-8-7-9-11-31)51-43(55)33-16-17-33/h7-15,18-21,24,33,41,47-48H,3,5-6,16-17,22-23,25-27,46H2,1-2,4H3,(H,49,50)(H,51,55)(H,57,58)/t41-/m1/s1. The minimum absolute atomic E-state index is 0.0199. The molecule has 1 heterocycles. The van der Waals surface area contributed by atoms with E-state index in [9.17, 15) is 19.2 Å². The number of imidazole rings is 1. The second-order valence-electron chi connectivity index (χ2n) is 14.8. The van der Waals surface area contributed by atoms with Gasteiger partial charge in [-0.1, -0.05) is 93.2 Å². The number of aromatic amines is 1.